The van der Waals surface area contributed by atoms with Gasteiger partial charge in [-0.1, -0.05) is 26.8 Å². The molecule has 0 spiro atoms. The lowest BCUT2D eigenvalue weighted by Gasteiger charge is -2.17. The van der Waals surface area contributed by atoms with Crippen molar-refractivity contribution >= 4 is 11.8 Å². The van der Waals surface area contributed by atoms with Gasteiger partial charge in [0.1, 0.15) is 17.3 Å². The van der Waals surface area contributed by atoms with Crippen LogP contribution in [0.15, 0.2) is 30.3 Å². The summed E-state index contributed by atoms with van der Waals surface area (Å²) in [6, 6.07) is 10.0. The Hall–Kier alpha value is -3.29. The highest BCUT2D eigenvalue weighted by Gasteiger charge is 2.20. The number of rotatable bonds is 8. The molecule has 32 heavy (non-hydrogen) atoms. The van der Waals surface area contributed by atoms with Crippen molar-refractivity contribution in [3.05, 3.63) is 41.6 Å². The fraction of sp³-hybridized carbons (Fsp3) is 0.458. The van der Waals surface area contributed by atoms with Gasteiger partial charge < -0.3 is 20.5 Å². The number of hydrogen-bond acceptors (Lipinski definition) is 7. The molecule has 0 aliphatic rings. The molecule has 8 heteroatoms. The standard InChI is InChI=1S/C24H34N6O2/c1-15(8-9-16-10-11-17(31-6)12-20(16)32-7)26-22-13-18(27-23(25)28-22)19-14-21(24(2,3)4)29-30(19)5/h10-15H,8-9H2,1-7H3,(H3,25,26,27,28)/t15-/m0/s1. The summed E-state index contributed by atoms with van der Waals surface area (Å²) in [6.07, 6.45) is 1.74. The van der Waals surface area contributed by atoms with Crippen LogP contribution in [-0.4, -0.2) is 40.0 Å². The molecule has 172 valence electrons. The molecule has 3 aromatic rings. The van der Waals surface area contributed by atoms with Gasteiger partial charge in [-0.05, 0) is 37.5 Å². The Morgan fingerprint density at radius 3 is 2.47 bits per heavy atom. The number of hydrogen-bond donors (Lipinski definition) is 2. The van der Waals surface area contributed by atoms with Crippen LogP contribution in [-0.2, 0) is 18.9 Å². The SMILES string of the molecule is COc1ccc(CC[C@H](C)Nc2cc(-c3cc(C(C)(C)C)nn3C)nc(N)n2)c(OC)c1. The second kappa shape index (κ2) is 9.46. The van der Waals surface area contributed by atoms with Gasteiger partial charge in [0.15, 0.2) is 0 Å². The summed E-state index contributed by atoms with van der Waals surface area (Å²) in [4.78, 5) is 8.82. The van der Waals surface area contributed by atoms with E-state index in [0.29, 0.717) is 5.82 Å². The largest absolute Gasteiger partial charge is 0.497 e. The minimum absolute atomic E-state index is 0.0489. The first kappa shape index (κ1) is 23.4. The molecule has 0 aliphatic heterocycles. The number of nitrogens with zero attached hydrogens (tertiary/aromatic N) is 4. The van der Waals surface area contributed by atoms with E-state index in [1.165, 1.54) is 0 Å². The van der Waals surface area contributed by atoms with Gasteiger partial charge in [0.05, 0.1) is 31.3 Å². The van der Waals surface area contributed by atoms with E-state index in [1.54, 1.807) is 14.2 Å². The van der Waals surface area contributed by atoms with E-state index in [4.69, 9.17) is 15.2 Å². The monoisotopic (exact) mass is 438 g/mol. The van der Waals surface area contributed by atoms with Crippen LogP contribution >= 0.6 is 0 Å². The van der Waals surface area contributed by atoms with E-state index in [1.807, 2.05) is 36.0 Å². The van der Waals surface area contributed by atoms with Gasteiger partial charge in [-0.25, -0.2) is 4.98 Å². The zero-order chi connectivity index (χ0) is 23.5. The minimum atomic E-state index is -0.0489. The van der Waals surface area contributed by atoms with Crippen molar-refractivity contribution in [1.82, 2.24) is 19.7 Å². The van der Waals surface area contributed by atoms with E-state index in [0.717, 1.165) is 47.0 Å². The first-order valence-electron chi connectivity index (χ1n) is 10.8. The average Bonchev–Trinajstić information content (AvgIpc) is 3.14. The van der Waals surface area contributed by atoms with Crippen molar-refractivity contribution in [2.24, 2.45) is 7.05 Å². The molecule has 2 aromatic heterocycles. The molecule has 8 nitrogen and oxygen atoms in total. The molecule has 0 amide bonds. The van der Waals surface area contributed by atoms with Crippen LogP contribution in [0, 0.1) is 0 Å². The maximum atomic E-state index is 6.03. The van der Waals surface area contributed by atoms with Gasteiger partial charge in [-0.2, -0.15) is 10.1 Å². The summed E-state index contributed by atoms with van der Waals surface area (Å²) in [5, 5.41) is 8.10. The Morgan fingerprint density at radius 2 is 1.84 bits per heavy atom. The van der Waals surface area contributed by atoms with E-state index < -0.39 is 0 Å². The topological polar surface area (TPSA) is 100 Å². The van der Waals surface area contributed by atoms with Gasteiger partial charge in [-0.3, -0.25) is 4.68 Å². The Kier molecular flexibility index (Phi) is 6.91. The quantitative estimate of drug-likeness (QED) is 0.543. The minimum Gasteiger partial charge on any atom is -0.497 e. The Bertz CT molecular complexity index is 1070. The highest BCUT2D eigenvalue weighted by atomic mass is 16.5. The van der Waals surface area contributed by atoms with E-state index in [2.05, 4.69) is 54.1 Å². The van der Waals surface area contributed by atoms with Crippen LogP contribution in [0.25, 0.3) is 11.4 Å². The van der Waals surface area contributed by atoms with Gasteiger partial charge in [-0.15, -0.1) is 0 Å². The molecule has 0 bridgehead atoms. The average molecular weight is 439 g/mol. The first-order valence-corrected chi connectivity index (χ1v) is 10.8. The lowest BCUT2D eigenvalue weighted by Crippen LogP contribution is -2.18. The van der Waals surface area contributed by atoms with Crippen LogP contribution in [0.2, 0.25) is 0 Å². The van der Waals surface area contributed by atoms with Crippen LogP contribution in [0.3, 0.4) is 0 Å². The molecule has 0 saturated heterocycles. The lowest BCUT2D eigenvalue weighted by molar-refractivity contribution is 0.390. The summed E-state index contributed by atoms with van der Waals surface area (Å²) >= 11 is 0. The van der Waals surface area contributed by atoms with Crippen molar-refractivity contribution in [1.29, 1.82) is 0 Å². The maximum Gasteiger partial charge on any atom is 0.222 e. The van der Waals surface area contributed by atoms with Gasteiger partial charge in [0.2, 0.25) is 5.95 Å². The molecule has 0 radical (unpaired) electrons. The molecule has 2 heterocycles. The number of nitrogens with two attached hydrogens (primary N) is 1. The molecule has 0 saturated carbocycles. The molecule has 1 atom stereocenters. The fourth-order valence-corrected chi connectivity index (χ4v) is 3.50. The fourth-order valence-electron chi connectivity index (χ4n) is 3.50. The highest BCUT2D eigenvalue weighted by molar-refractivity contribution is 5.62. The summed E-state index contributed by atoms with van der Waals surface area (Å²) in [5.41, 5.74) is 9.76. The molecule has 1 aromatic carbocycles. The molecule has 0 unspecified atom stereocenters. The predicted octanol–water partition coefficient (Wildman–Crippen LogP) is 4.21. The van der Waals surface area contributed by atoms with Crippen molar-refractivity contribution in [2.45, 2.75) is 52.0 Å². The number of anilines is 2. The maximum absolute atomic E-state index is 6.03. The van der Waals surface area contributed by atoms with Crippen LogP contribution in [0.1, 0.15) is 45.4 Å². The predicted molar refractivity (Wildman–Crippen MR) is 128 cm³/mol. The van der Waals surface area contributed by atoms with Gasteiger partial charge in [0.25, 0.3) is 0 Å². The Labute approximate surface area is 190 Å². The van der Waals surface area contributed by atoms with Crippen molar-refractivity contribution in [2.75, 3.05) is 25.3 Å². The number of aryl methyl sites for hydroxylation is 2. The normalized spacial score (nSPS) is 12.5. The molecule has 0 aliphatic carbocycles. The van der Waals surface area contributed by atoms with Gasteiger partial charge >= 0.3 is 0 Å². The molecule has 3 rings (SSSR count). The summed E-state index contributed by atoms with van der Waals surface area (Å²) < 4.78 is 12.6. The number of nitrogen functional groups attached to an aromatic ring is 1. The number of aromatic nitrogens is 4. The number of nitrogens with one attached hydrogen (secondary N) is 1. The molecule has 3 N–H and O–H groups in total. The second-order valence-corrected chi connectivity index (χ2v) is 9.05. The third-order valence-corrected chi connectivity index (χ3v) is 5.39. The smallest absolute Gasteiger partial charge is 0.222 e. The second-order valence-electron chi connectivity index (χ2n) is 9.05. The van der Waals surface area contributed by atoms with Crippen LogP contribution < -0.4 is 20.5 Å². The third kappa shape index (κ3) is 5.49. The Morgan fingerprint density at radius 1 is 1.09 bits per heavy atom. The summed E-state index contributed by atoms with van der Waals surface area (Å²) in [6.45, 7) is 8.54. The van der Waals surface area contributed by atoms with E-state index in [-0.39, 0.29) is 17.4 Å². The van der Waals surface area contributed by atoms with Crippen molar-refractivity contribution in [3.63, 3.8) is 0 Å². The van der Waals surface area contributed by atoms with Crippen LogP contribution in [0.5, 0.6) is 11.5 Å². The molecular weight excluding hydrogens is 404 g/mol. The number of methoxy groups -OCH3 is 2. The third-order valence-electron chi connectivity index (χ3n) is 5.39. The molecular formula is C24H34N6O2. The zero-order valence-electron chi connectivity index (χ0n) is 20.1. The number of benzene rings is 1. The highest BCUT2D eigenvalue weighted by Crippen LogP contribution is 2.28. The van der Waals surface area contributed by atoms with Crippen molar-refractivity contribution < 1.29 is 9.47 Å². The van der Waals surface area contributed by atoms with E-state index in [9.17, 15) is 0 Å². The lowest BCUT2D eigenvalue weighted by atomic mass is 9.92. The molecule has 0 fully saturated rings. The van der Waals surface area contributed by atoms with E-state index >= 15 is 0 Å². The van der Waals surface area contributed by atoms with Crippen LogP contribution in [0.4, 0.5) is 11.8 Å². The number of ether oxygens (including phenoxy) is 2. The summed E-state index contributed by atoms with van der Waals surface area (Å²) in [5.74, 6) is 2.54. The zero-order valence-corrected chi connectivity index (χ0v) is 20.1. The van der Waals surface area contributed by atoms with Crippen molar-refractivity contribution in [3.8, 4) is 22.9 Å². The van der Waals surface area contributed by atoms with Gasteiger partial charge in [0, 0.05) is 30.6 Å². The Balaban J connectivity index is 1.73. The first-order chi connectivity index (χ1) is 15.1. The summed E-state index contributed by atoms with van der Waals surface area (Å²) in [7, 11) is 5.24.